The number of fused-ring (bicyclic) bond motifs is 3. The quantitative estimate of drug-likeness (QED) is 0.531. The highest BCUT2D eigenvalue weighted by Crippen LogP contribution is 2.42. The molecule has 4 atom stereocenters. The van der Waals surface area contributed by atoms with Crippen molar-refractivity contribution in [3.63, 3.8) is 0 Å². The number of nitrogens with zero attached hydrogens (tertiary/aromatic N) is 3. The third-order valence-corrected chi connectivity index (χ3v) is 7.51. The fourth-order valence-corrected chi connectivity index (χ4v) is 5.74. The molecule has 3 fully saturated rings. The molecule has 0 saturated carbocycles. The molecule has 2 bridgehead atoms. The summed E-state index contributed by atoms with van der Waals surface area (Å²) < 4.78 is 1.08. The third-order valence-electron chi connectivity index (χ3n) is 6.82. The van der Waals surface area contributed by atoms with Crippen LogP contribution in [-0.2, 0) is 6.54 Å². The topological polar surface area (TPSA) is 41.1 Å². The Hall–Kier alpha value is -2.08. The molecular weight excluding hydrogens is 448 g/mol. The molecule has 31 heavy (non-hydrogen) atoms. The highest BCUT2D eigenvalue weighted by Gasteiger charge is 2.41. The first kappa shape index (κ1) is 20.8. The van der Waals surface area contributed by atoms with E-state index < -0.39 is 0 Å². The zero-order chi connectivity index (χ0) is 21.2. The van der Waals surface area contributed by atoms with Crippen LogP contribution in [0.2, 0.25) is 0 Å². The molecule has 0 amide bonds. The van der Waals surface area contributed by atoms with Crippen LogP contribution in [0.3, 0.4) is 0 Å². The second-order valence-corrected chi connectivity index (χ2v) is 9.72. The van der Waals surface area contributed by atoms with Gasteiger partial charge in [0.15, 0.2) is 0 Å². The SMILES string of the molecule is Cc1nc(-c2ccccc2Br)cc(C2CN3CCC2CC3CNCc2ccccc2)n1. The number of benzene rings is 2. The zero-order valence-corrected chi connectivity index (χ0v) is 19.6. The molecule has 4 nitrogen and oxygen atoms in total. The van der Waals surface area contributed by atoms with E-state index in [-0.39, 0.29) is 0 Å². The number of hydrogen-bond donors (Lipinski definition) is 1. The van der Waals surface area contributed by atoms with Gasteiger partial charge in [0.25, 0.3) is 0 Å². The van der Waals surface area contributed by atoms with Crippen LogP contribution in [-0.4, -0.2) is 40.5 Å². The van der Waals surface area contributed by atoms with Gasteiger partial charge in [0, 0.05) is 47.3 Å². The van der Waals surface area contributed by atoms with Gasteiger partial charge in [0.2, 0.25) is 0 Å². The normalized spacial score (nSPS) is 25.0. The molecule has 3 aromatic rings. The van der Waals surface area contributed by atoms with Gasteiger partial charge < -0.3 is 5.32 Å². The van der Waals surface area contributed by atoms with Gasteiger partial charge in [-0.3, -0.25) is 4.90 Å². The number of aromatic nitrogens is 2. The van der Waals surface area contributed by atoms with Crippen molar-refractivity contribution in [2.24, 2.45) is 5.92 Å². The predicted molar refractivity (Wildman–Crippen MR) is 129 cm³/mol. The lowest BCUT2D eigenvalue weighted by Gasteiger charge is -2.50. The summed E-state index contributed by atoms with van der Waals surface area (Å²) in [6, 6.07) is 21.8. The first-order valence-corrected chi connectivity index (χ1v) is 12.1. The second-order valence-electron chi connectivity index (χ2n) is 8.86. The molecule has 4 unspecified atom stereocenters. The lowest BCUT2D eigenvalue weighted by atomic mass is 9.74. The summed E-state index contributed by atoms with van der Waals surface area (Å²) in [4.78, 5) is 12.3. The predicted octanol–water partition coefficient (Wildman–Crippen LogP) is 5.18. The molecule has 0 aliphatic carbocycles. The highest BCUT2D eigenvalue weighted by molar-refractivity contribution is 9.10. The van der Waals surface area contributed by atoms with E-state index in [0.717, 1.165) is 41.2 Å². The summed E-state index contributed by atoms with van der Waals surface area (Å²) in [5.74, 6) is 2.07. The van der Waals surface area contributed by atoms with E-state index in [9.17, 15) is 0 Å². The number of nitrogens with one attached hydrogen (secondary N) is 1. The molecule has 160 valence electrons. The van der Waals surface area contributed by atoms with Gasteiger partial charge >= 0.3 is 0 Å². The van der Waals surface area contributed by atoms with E-state index in [1.807, 2.05) is 13.0 Å². The van der Waals surface area contributed by atoms with Crippen molar-refractivity contribution in [3.8, 4) is 11.3 Å². The van der Waals surface area contributed by atoms with Crippen molar-refractivity contribution in [2.45, 2.75) is 38.3 Å². The minimum atomic E-state index is 0.502. The van der Waals surface area contributed by atoms with Crippen molar-refractivity contribution in [1.29, 1.82) is 0 Å². The highest BCUT2D eigenvalue weighted by atomic mass is 79.9. The Labute approximate surface area is 193 Å². The summed E-state index contributed by atoms with van der Waals surface area (Å²) in [6.07, 6.45) is 2.52. The maximum atomic E-state index is 4.89. The minimum absolute atomic E-state index is 0.502. The van der Waals surface area contributed by atoms with Crippen LogP contribution in [0.4, 0.5) is 0 Å². The van der Waals surface area contributed by atoms with Crippen LogP contribution < -0.4 is 5.32 Å². The van der Waals surface area contributed by atoms with Gasteiger partial charge in [-0.1, -0.05) is 64.5 Å². The van der Waals surface area contributed by atoms with E-state index in [1.54, 1.807) is 0 Å². The molecule has 2 aromatic carbocycles. The lowest BCUT2D eigenvalue weighted by molar-refractivity contribution is 0.0292. The van der Waals surface area contributed by atoms with Crippen molar-refractivity contribution in [2.75, 3.05) is 19.6 Å². The van der Waals surface area contributed by atoms with Crippen molar-refractivity contribution >= 4 is 15.9 Å². The van der Waals surface area contributed by atoms with E-state index in [4.69, 9.17) is 9.97 Å². The van der Waals surface area contributed by atoms with Crippen molar-refractivity contribution in [1.82, 2.24) is 20.2 Å². The lowest BCUT2D eigenvalue weighted by Crippen LogP contribution is -2.55. The average Bonchev–Trinajstić information content (AvgIpc) is 2.80. The Morgan fingerprint density at radius 2 is 1.87 bits per heavy atom. The van der Waals surface area contributed by atoms with Crippen LogP contribution in [0.5, 0.6) is 0 Å². The maximum Gasteiger partial charge on any atom is 0.126 e. The van der Waals surface area contributed by atoms with Gasteiger partial charge in [-0.25, -0.2) is 9.97 Å². The van der Waals surface area contributed by atoms with Crippen LogP contribution in [0.25, 0.3) is 11.3 Å². The average molecular weight is 477 g/mol. The Bertz CT molecular complexity index is 1040. The Kier molecular flexibility index (Phi) is 6.17. The number of rotatable bonds is 6. The zero-order valence-electron chi connectivity index (χ0n) is 18.0. The number of aryl methyl sites for hydroxylation is 1. The fraction of sp³-hybridized carbons (Fsp3) is 0.385. The van der Waals surface area contributed by atoms with E-state index in [2.05, 4.69) is 80.7 Å². The molecule has 0 radical (unpaired) electrons. The van der Waals surface area contributed by atoms with Crippen LogP contribution in [0.15, 0.2) is 65.1 Å². The second kappa shape index (κ2) is 9.19. The van der Waals surface area contributed by atoms with E-state index in [1.165, 1.54) is 30.6 Å². The van der Waals surface area contributed by atoms with Gasteiger partial charge in [-0.2, -0.15) is 0 Å². The summed E-state index contributed by atoms with van der Waals surface area (Å²) in [5, 5.41) is 3.68. The Morgan fingerprint density at radius 1 is 1.06 bits per heavy atom. The summed E-state index contributed by atoms with van der Waals surface area (Å²) in [7, 11) is 0. The number of piperidine rings is 3. The molecule has 3 saturated heterocycles. The number of hydrogen-bond acceptors (Lipinski definition) is 4. The maximum absolute atomic E-state index is 4.89. The van der Waals surface area contributed by atoms with Crippen molar-refractivity contribution < 1.29 is 0 Å². The Balaban J connectivity index is 1.28. The molecule has 4 heterocycles. The monoisotopic (exact) mass is 476 g/mol. The fourth-order valence-electron chi connectivity index (χ4n) is 5.25. The molecule has 3 aliphatic rings. The molecule has 0 spiro atoms. The molecule has 6 rings (SSSR count). The van der Waals surface area contributed by atoms with Gasteiger partial charge in [0.1, 0.15) is 5.82 Å². The van der Waals surface area contributed by atoms with Gasteiger partial charge in [-0.05, 0) is 49.9 Å². The Morgan fingerprint density at radius 3 is 2.65 bits per heavy atom. The molecule has 5 heteroatoms. The van der Waals surface area contributed by atoms with Gasteiger partial charge in [-0.15, -0.1) is 0 Å². The first-order valence-electron chi connectivity index (χ1n) is 11.3. The molecule has 1 aromatic heterocycles. The van der Waals surface area contributed by atoms with Crippen LogP contribution in [0.1, 0.15) is 35.8 Å². The summed E-state index contributed by atoms with van der Waals surface area (Å²) >= 11 is 3.68. The molecule has 1 N–H and O–H groups in total. The van der Waals surface area contributed by atoms with Crippen molar-refractivity contribution in [3.05, 3.63) is 82.2 Å². The largest absolute Gasteiger partial charge is 0.311 e. The van der Waals surface area contributed by atoms with E-state index in [0.29, 0.717) is 17.9 Å². The summed E-state index contributed by atoms with van der Waals surface area (Å²) in [6.45, 7) is 6.33. The number of halogens is 1. The van der Waals surface area contributed by atoms with Gasteiger partial charge in [0.05, 0.1) is 5.69 Å². The van der Waals surface area contributed by atoms with Crippen LogP contribution in [0, 0.1) is 12.8 Å². The minimum Gasteiger partial charge on any atom is -0.311 e. The standard InChI is InChI=1S/C26H29BrN4/c1-18-29-25(22-9-5-6-10-24(22)27)14-26(30-18)23-17-31-12-11-20(23)13-21(31)16-28-15-19-7-3-2-4-8-19/h2-10,14,20-21,23,28H,11-13,15-17H2,1H3. The smallest absolute Gasteiger partial charge is 0.126 e. The third kappa shape index (κ3) is 4.59. The molecular formula is C26H29BrN4. The molecule has 3 aliphatic heterocycles. The first-order chi connectivity index (χ1) is 15.2. The van der Waals surface area contributed by atoms with E-state index >= 15 is 0 Å². The summed E-state index contributed by atoms with van der Waals surface area (Å²) in [5.41, 5.74) is 4.72. The van der Waals surface area contributed by atoms with Crippen LogP contribution >= 0.6 is 15.9 Å².